The maximum absolute atomic E-state index is 6.66. The molecule has 6 saturated heterocycles. The molecule has 1 aromatic carbocycles. The van der Waals surface area contributed by atoms with Crippen LogP contribution in [0.25, 0.3) is 0 Å². The van der Waals surface area contributed by atoms with Gasteiger partial charge < -0.3 is 92.1 Å². The molecule has 0 unspecified atom stereocenters. The predicted molar refractivity (Wildman–Crippen MR) is 216 cm³/mol. The van der Waals surface area contributed by atoms with E-state index < -0.39 is 0 Å². The summed E-state index contributed by atoms with van der Waals surface area (Å²) in [5, 5.41) is 46.2. The fourth-order valence-corrected chi connectivity index (χ4v) is 6.94. The lowest BCUT2D eigenvalue weighted by atomic mass is 9.97. The third kappa shape index (κ3) is 16.8. The SMILES string of the molecule is NC12CNCCNCC(N)(CNCCNC1)CNCCNC2.Nc1ccc(CNC23CNCCNCC(N)(CNCCNC2)CNCCNC3)cc1. The van der Waals surface area contributed by atoms with E-state index in [-0.39, 0.29) is 22.2 Å². The van der Waals surface area contributed by atoms with Gasteiger partial charge in [-0.25, -0.2) is 0 Å². The van der Waals surface area contributed by atoms with Crippen molar-refractivity contribution < 1.29 is 0 Å². The van der Waals surface area contributed by atoms with Gasteiger partial charge in [0, 0.05) is 169 Å². The normalized spacial score (nSPS) is 33.4. The van der Waals surface area contributed by atoms with E-state index in [1.54, 1.807) is 0 Å². The summed E-state index contributed by atoms with van der Waals surface area (Å²) in [5.74, 6) is 0. The Morgan fingerprint density at radius 1 is 0.385 bits per heavy atom. The highest BCUT2D eigenvalue weighted by Crippen LogP contribution is 2.09. The van der Waals surface area contributed by atoms with Crippen molar-refractivity contribution in [2.24, 2.45) is 17.2 Å². The van der Waals surface area contributed by atoms with E-state index in [9.17, 15) is 0 Å². The molecule has 52 heavy (non-hydrogen) atoms. The first-order valence-corrected chi connectivity index (χ1v) is 19.7. The average molecular weight is 734 g/mol. The zero-order chi connectivity index (χ0) is 36.9. The number of fused-ring (bicyclic) bond motifs is 30. The summed E-state index contributed by atoms with van der Waals surface area (Å²) >= 11 is 0. The highest BCUT2D eigenvalue weighted by atomic mass is 15.2. The maximum Gasteiger partial charge on any atom is 0.0561 e. The summed E-state index contributed by atoms with van der Waals surface area (Å²) in [4.78, 5) is 0. The van der Waals surface area contributed by atoms with Crippen LogP contribution in [0.3, 0.4) is 0 Å². The lowest BCUT2D eigenvalue weighted by molar-refractivity contribution is 0.269. The van der Waals surface area contributed by atoms with Crippen LogP contribution in [0.1, 0.15) is 5.56 Å². The Morgan fingerprint density at radius 2 is 0.615 bits per heavy atom. The van der Waals surface area contributed by atoms with E-state index in [0.717, 1.165) is 169 Å². The van der Waals surface area contributed by atoms with Gasteiger partial charge >= 0.3 is 0 Å². The molecule has 17 heteroatoms. The van der Waals surface area contributed by atoms with Gasteiger partial charge in [-0.3, -0.25) is 0 Å². The van der Waals surface area contributed by atoms with E-state index in [0.29, 0.717) is 0 Å². The second-order valence-corrected chi connectivity index (χ2v) is 15.6. The van der Waals surface area contributed by atoms with Crippen molar-refractivity contribution in [3.63, 3.8) is 0 Å². The summed E-state index contributed by atoms with van der Waals surface area (Å²) in [6.07, 6.45) is 0. The first-order chi connectivity index (χ1) is 25.2. The Morgan fingerprint density at radius 3 is 0.865 bits per heavy atom. The molecule has 0 spiro atoms. The standard InChI is InChI=1S/C21H41N9.C14H34N8/c22-19-3-1-18(2-4-19)11-30-21-15-27-8-5-24-12-20(23,13-25-6-9-28-16-21)14-26-7-10-29-17-21;15-13-7-17-1-2-18-8-14(16,11-21-5-3-19-9-13)12-22-6-4-20-10-13/h1-4,24-30H,5-17,22-23H2;17-22H,1-12,15-16H2. The Bertz CT molecular complexity index is 959. The molecule has 0 aromatic heterocycles. The van der Waals surface area contributed by atoms with Gasteiger partial charge in [-0.2, -0.15) is 0 Å². The average Bonchev–Trinajstić information content (AvgIpc) is 3.13. The van der Waals surface area contributed by atoms with Crippen LogP contribution < -0.4 is 92.1 Å². The maximum atomic E-state index is 6.66. The van der Waals surface area contributed by atoms with Crippen LogP contribution in [0, 0.1) is 0 Å². The van der Waals surface area contributed by atoms with Gasteiger partial charge in [0.1, 0.15) is 0 Å². The molecule has 6 fully saturated rings. The molecule has 1 aromatic rings. The Hall–Kier alpha value is -1.62. The molecule has 0 saturated carbocycles. The smallest absolute Gasteiger partial charge is 0.0561 e. The molecule has 6 aliphatic rings. The number of benzene rings is 1. The number of anilines is 1. The second-order valence-electron chi connectivity index (χ2n) is 15.6. The van der Waals surface area contributed by atoms with Crippen molar-refractivity contribution >= 4 is 5.69 Å². The highest BCUT2D eigenvalue weighted by Gasteiger charge is 2.30. The molecule has 0 atom stereocenters. The van der Waals surface area contributed by atoms with Crippen LogP contribution >= 0.6 is 0 Å². The number of hydrogen-bond acceptors (Lipinski definition) is 17. The molecule has 6 heterocycles. The predicted octanol–water partition coefficient (Wildman–Crippen LogP) is -6.69. The largest absolute Gasteiger partial charge is 0.399 e. The monoisotopic (exact) mass is 734 g/mol. The van der Waals surface area contributed by atoms with Crippen molar-refractivity contribution in [1.29, 1.82) is 0 Å². The van der Waals surface area contributed by atoms with Gasteiger partial charge in [0.25, 0.3) is 0 Å². The Labute approximate surface area is 313 Å². The molecule has 7 rings (SSSR count). The summed E-state index contributed by atoms with van der Waals surface area (Å²) in [7, 11) is 0. The Kier molecular flexibility index (Phi) is 19.3. The second kappa shape index (κ2) is 23.3. The van der Waals surface area contributed by atoms with Crippen LogP contribution in [0.5, 0.6) is 0 Å². The lowest BCUT2D eigenvalue weighted by Gasteiger charge is -2.37. The van der Waals surface area contributed by atoms with Crippen molar-refractivity contribution in [2.75, 3.05) is 163 Å². The third-order valence-corrected chi connectivity index (χ3v) is 10.2. The molecule has 17 nitrogen and oxygen atoms in total. The molecule has 300 valence electrons. The summed E-state index contributed by atoms with van der Waals surface area (Å²) < 4.78 is 0. The molecule has 0 aliphatic carbocycles. The number of nitrogens with one attached hydrogen (secondary N) is 13. The summed E-state index contributed by atoms with van der Waals surface area (Å²) in [6, 6.07) is 8.11. The Balaban J connectivity index is 0.000000244. The minimum Gasteiger partial charge on any atom is -0.399 e. The fourth-order valence-electron chi connectivity index (χ4n) is 6.94. The summed E-state index contributed by atoms with van der Waals surface area (Å²) in [5.41, 5.74) is 26.7. The third-order valence-electron chi connectivity index (χ3n) is 10.2. The van der Waals surface area contributed by atoms with E-state index in [1.165, 1.54) is 5.56 Å². The zero-order valence-corrected chi connectivity index (χ0v) is 31.8. The van der Waals surface area contributed by atoms with E-state index >= 15 is 0 Å². The first-order valence-electron chi connectivity index (χ1n) is 19.7. The van der Waals surface area contributed by atoms with Gasteiger partial charge in [-0.15, -0.1) is 0 Å². The van der Waals surface area contributed by atoms with Crippen LogP contribution in [0.4, 0.5) is 5.69 Å². The first kappa shape index (κ1) is 43.1. The van der Waals surface area contributed by atoms with Crippen molar-refractivity contribution in [1.82, 2.24) is 69.1 Å². The van der Waals surface area contributed by atoms with Gasteiger partial charge in [-0.1, -0.05) is 12.1 Å². The minimum absolute atomic E-state index is 0.104. The molecule has 6 aliphatic heterocycles. The van der Waals surface area contributed by atoms with Crippen LogP contribution in [0.15, 0.2) is 24.3 Å². The highest BCUT2D eigenvalue weighted by molar-refractivity contribution is 5.39. The number of nitrogens with two attached hydrogens (primary N) is 4. The van der Waals surface area contributed by atoms with Crippen molar-refractivity contribution in [2.45, 2.75) is 28.7 Å². The van der Waals surface area contributed by atoms with Gasteiger partial charge in [0.2, 0.25) is 0 Å². The fraction of sp³-hybridized carbons (Fsp3) is 0.829. The molecular formula is C35H75N17. The minimum atomic E-state index is -0.293. The van der Waals surface area contributed by atoms with Gasteiger partial charge in [0.15, 0.2) is 0 Å². The van der Waals surface area contributed by atoms with E-state index in [1.807, 2.05) is 12.1 Å². The lowest BCUT2D eigenvalue weighted by Crippen LogP contribution is -2.66. The molecule has 0 amide bonds. The van der Waals surface area contributed by atoms with Gasteiger partial charge in [-0.05, 0) is 17.7 Å². The van der Waals surface area contributed by atoms with Crippen LogP contribution in [-0.4, -0.2) is 179 Å². The molecule has 4 bridgehead atoms. The number of rotatable bonds is 3. The topological polar surface area (TPSA) is 260 Å². The van der Waals surface area contributed by atoms with E-state index in [4.69, 9.17) is 22.9 Å². The molecule has 0 radical (unpaired) electrons. The number of hydrogen-bond donors (Lipinski definition) is 17. The quantitative estimate of drug-likeness (QED) is 0.129. The zero-order valence-electron chi connectivity index (χ0n) is 31.8. The van der Waals surface area contributed by atoms with E-state index in [2.05, 4.69) is 81.3 Å². The van der Waals surface area contributed by atoms with Gasteiger partial charge in [0.05, 0.1) is 22.2 Å². The van der Waals surface area contributed by atoms with Crippen LogP contribution in [0.2, 0.25) is 0 Å². The molecular weight excluding hydrogens is 659 g/mol. The van der Waals surface area contributed by atoms with Crippen molar-refractivity contribution in [3.8, 4) is 0 Å². The number of nitrogen functional groups attached to an aromatic ring is 1. The van der Waals surface area contributed by atoms with Crippen molar-refractivity contribution in [3.05, 3.63) is 29.8 Å². The summed E-state index contributed by atoms with van der Waals surface area (Å²) in [6.45, 7) is 21.4. The van der Waals surface area contributed by atoms with Crippen LogP contribution in [-0.2, 0) is 6.54 Å². The molecule has 21 N–H and O–H groups in total.